The molecule has 1 saturated carbocycles. The molecule has 3 rings (SSSR count). The molecule has 2 aromatic heterocycles. The largest absolute Gasteiger partial charge is 0.481 e. The molecule has 2 heterocycles. The van der Waals surface area contributed by atoms with Crippen LogP contribution in [0.1, 0.15) is 31.5 Å². The number of rotatable bonds is 2. The molecule has 94 valence electrons. The van der Waals surface area contributed by atoms with Crippen molar-refractivity contribution >= 4 is 11.6 Å². The highest BCUT2D eigenvalue weighted by Gasteiger charge is 2.40. The number of carbonyl (C=O) groups is 1. The topological polar surface area (TPSA) is 67.5 Å². The van der Waals surface area contributed by atoms with E-state index in [0.717, 1.165) is 24.3 Å². The standard InChI is InChI=1S/C13H15N3O2/c1-8-6-9(10(7-8)13(17)18)12-15-14-11-4-2-3-5-16(11)12/h2-5,8-10H,6-7H2,1H3,(H,17,18). The maximum atomic E-state index is 11.3. The zero-order chi connectivity index (χ0) is 12.7. The predicted molar refractivity (Wildman–Crippen MR) is 65.3 cm³/mol. The smallest absolute Gasteiger partial charge is 0.307 e. The molecule has 1 fully saturated rings. The molecule has 0 radical (unpaired) electrons. The summed E-state index contributed by atoms with van der Waals surface area (Å²) < 4.78 is 1.90. The lowest BCUT2D eigenvalue weighted by atomic mass is 9.95. The minimum absolute atomic E-state index is 0.0325. The van der Waals surface area contributed by atoms with Gasteiger partial charge < -0.3 is 5.11 Å². The number of aromatic nitrogens is 3. The number of pyridine rings is 1. The minimum Gasteiger partial charge on any atom is -0.481 e. The van der Waals surface area contributed by atoms with Gasteiger partial charge in [0.05, 0.1) is 5.92 Å². The third kappa shape index (κ3) is 1.66. The van der Waals surface area contributed by atoms with Crippen LogP contribution in [0.2, 0.25) is 0 Å². The summed E-state index contributed by atoms with van der Waals surface area (Å²) in [6.07, 6.45) is 3.49. The highest BCUT2D eigenvalue weighted by molar-refractivity contribution is 5.71. The van der Waals surface area contributed by atoms with Crippen LogP contribution in [0, 0.1) is 11.8 Å². The second-order valence-corrected chi connectivity index (χ2v) is 5.11. The van der Waals surface area contributed by atoms with Crippen molar-refractivity contribution < 1.29 is 9.90 Å². The quantitative estimate of drug-likeness (QED) is 0.878. The van der Waals surface area contributed by atoms with Gasteiger partial charge in [-0.3, -0.25) is 9.20 Å². The van der Waals surface area contributed by atoms with Crippen molar-refractivity contribution in [3.63, 3.8) is 0 Å². The monoisotopic (exact) mass is 245 g/mol. The van der Waals surface area contributed by atoms with Gasteiger partial charge in [0.15, 0.2) is 5.65 Å². The molecule has 3 unspecified atom stereocenters. The van der Waals surface area contributed by atoms with Gasteiger partial charge in [-0.15, -0.1) is 10.2 Å². The second kappa shape index (κ2) is 4.08. The van der Waals surface area contributed by atoms with Gasteiger partial charge in [0.1, 0.15) is 5.82 Å². The number of nitrogens with zero attached hydrogens (tertiary/aromatic N) is 3. The average molecular weight is 245 g/mol. The molecule has 0 spiro atoms. The Morgan fingerprint density at radius 3 is 3.00 bits per heavy atom. The molecule has 0 bridgehead atoms. The summed E-state index contributed by atoms with van der Waals surface area (Å²) in [5, 5.41) is 17.6. The Morgan fingerprint density at radius 2 is 2.22 bits per heavy atom. The maximum Gasteiger partial charge on any atom is 0.307 e. The highest BCUT2D eigenvalue weighted by Crippen LogP contribution is 2.42. The van der Waals surface area contributed by atoms with Crippen LogP contribution in [-0.4, -0.2) is 25.7 Å². The molecule has 5 heteroatoms. The Labute approximate surface area is 104 Å². The van der Waals surface area contributed by atoms with E-state index in [1.807, 2.05) is 28.8 Å². The van der Waals surface area contributed by atoms with Gasteiger partial charge in [-0.05, 0) is 30.9 Å². The molecule has 1 aliphatic rings. The van der Waals surface area contributed by atoms with Gasteiger partial charge in [0.25, 0.3) is 0 Å². The van der Waals surface area contributed by atoms with E-state index in [2.05, 4.69) is 17.1 Å². The summed E-state index contributed by atoms with van der Waals surface area (Å²) in [6, 6.07) is 5.69. The van der Waals surface area contributed by atoms with Crippen LogP contribution in [-0.2, 0) is 4.79 Å². The molecule has 3 atom stereocenters. The van der Waals surface area contributed by atoms with Gasteiger partial charge in [-0.2, -0.15) is 0 Å². The second-order valence-electron chi connectivity index (χ2n) is 5.11. The molecular weight excluding hydrogens is 230 g/mol. The van der Waals surface area contributed by atoms with Crippen LogP contribution in [0.25, 0.3) is 5.65 Å². The molecule has 0 amide bonds. The van der Waals surface area contributed by atoms with Gasteiger partial charge in [0, 0.05) is 12.1 Å². The third-order valence-corrected chi connectivity index (χ3v) is 3.79. The fourth-order valence-electron chi connectivity index (χ4n) is 2.96. The number of fused-ring (bicyclic) bond motifs is 1. The van der Waals surface area contributed by atoms with Gasteiger partial charge in [-0.1, -0.05) is 13.0 Å². The first kappa shape index (κ1) is 11.2. The van der Waals surface area contributed by atoms with Crippen molar-refractivity contribution in [2.24, 2.45) is 11.8 Å². The molecule has 5 nitrogen and oxygen atoms in total. The molecule has 0 aromatic carbocycles. The molecule has 1 aliphatic carbocycles. The number of aliphatic carboxylic acids is 1. The Morgan fingerprint density at radius 1 is 1.39 bits per heavy atom. The summed E-state index contributed by atoms with van der Waals surface area (Å²) in [4.78, 5) is 11.3. The van der Waals surface area contributed by atoms with Crippen LogP contribution >= 0.6 is 0 Å². The van der Waals surface area contributed by atoms with E-state index in [1.54, 1.807) is 0 Å². The van der Waals surface area contributed by atoms with Crippen molar-refractivity contribution in [1.29, 1.82) is 0 Å². The zero-order valence-electron chi connectivity index (χ0n) is 10.2. The van der Waals surface area contributed by atoms with Crippen molar-refractivity contribution in [3.05, 3.63) is 30.2 Å². The average Bonchev–Trinajstić information content (AvgIpc) is 2.92. The first-order valence-corrected chi connectivity index (χ1v) is 6.19. The van der Waals surface area contributed by atoms with E-state index in [9.17, 15) is 9.90 Å². The van der Waals surface area contributed by atoms with Crippen LogP contribution in [0.4, 0.5) is 0 Å². The lowest BCUT2D eigenvalue weighted by Gasteiger charge is -2.13. The normalized spacial score (nSPS) is 27.7. The number of carboxylic acid groups (broad SMARTS) is 1. The van der Waals surface area contributed by atoms with Crippen LogP contribution < -0.4 is 0 Å². The predicted octanol–water partition coefficient (Wildman–Crippen LogP) is 1.94. The fraction of sp³-hybridized carbons (Fsp3) is 0.462. The SMILES string of the molecule is CC1CC(C(=O)O)C(c2nnc3ccccn23)C1. The van der Waals surface area contributed by atoms with Crippen LogP contribution in [0.5, 0.6) is 0 Å². The first-order valence-electron chi connectivity index (χ1n) is 6.19. The summed E-state index contributed by atoms with van der Waals surface area (Å²) in [5.41, 5.74) is 0.774. The number of hydrogen-bond donors (Lipinski definition) is 1. The lowest BCUT2D eigenvalue weighted by molar-refractivity contribution is -0.142. The first-order chi connectivity index (χ1) is 8.66. The van der Waals surface area contributed by atoms with E-state index >= 15 is 0 Å². The van der Waals surface area contributed by atoms with E-state index < -0.39 is 5.97 Å². The fourth-order valence-corrected chi connectivity index (χ4v) is 2.96. The van der Waals surface area contributed by atoms with Gasteiger partial charge >= 0.3 is 5.97 Å². The van der Waals surface area contributed by atoms with E-state index in [0.29, 0.717) is 5.92 Å². The van der Waals surface area contributed by atoms with Gasteiger partial charge in [-0.25, -0.2) is 0 Å². The van der Waals surface area contributed by atoms with E-state index in [1.165, 1.54) is 0 Å². The van der Waals surface area contributed by atoms with E-state index in [-0.39, 0.29) is 11.8 Å². The zero-order valence-corrected chi connectivity index (χ0v) is 10.2. The molecule has 0 saturated heterocycles. The van der Waals surface area contributed by atoms with Crippen molar-refractivity contribution in [1.82, 2.24) is 14.6 Å². The molecule has 0 aliphatic heterocycles. The van der Waals surface area contributed by atoms with Crippen molar-refractivity contribution in [2.75, 3.05) is 0 Å². The highest BCUT2D eigenvalue weighted by atomic mass is 16.4. The molecular formula is C13H15N3O2. The maximum absolute atomic E-state index is 11.3. The summed E-state index contributed by atoms with van der Waals surface area (Å²) >= 11 is 0. The Bertz CT molecular complexity index is 593. The summed E-state index contributed by atoms with van der Waals surface area (Å²) in [6.45, 7) is 2.10. The Hall–Kier alpha value is -1.91. The minimum atomic E-state index is -0.725. The lowest BCUT2D eigenvalue weighted by Crippen LogP contribution is -2.18. The molecule has 2 aromatic rings. The van der Waals surface area contributed by atoms with Crippen LogP contribution in [0.3, 0.4) is 0 Å². The summed E-state index contributed by atoms with van der Waals surface area (Å²) in [5.74, 6) is 0.106. The molecule has 18 heavy (non-hydrogen) atoms. The molecule has 1 N–H and O–H groups in total. The number of carboxylic acids is 1. The summed E-state index contributed by atoms with van der Waals surface area (Å²) in [7, 11) is 0. The van der Waals surface area contributed by atoms with Crippen LogP contribution in [0.15, 0.2) is 24.4 Å². The van der Waals surface area contributed by atoms with E-state index in [4.69, 9.17) is 0 Å². The van der Waals surface area contributed by atoms with Crippen molar-refractivity contribution in [3.8, 4) is 0 Å². The van der Waals surface area contributed by atoms with Gasteiger partial charge in [0.2, 0.25) is 0 Å². The van der Waals surface area contributed by atoms with Crippen molar-refractivity contribution in [2.45, 2.75) is 25.7 Å². The number of hydrogen-bond acceptors (Lipinski definition) is 3. The Balaban J connectivity index is 2.05. The third-order valence-electron chi connectivity index (χ3n) is 3.79. The Kier molecular flexibility index (Phi) is 2.54.